The van der Waals surface area contributed by atoms with Crippen molar-refractivity contribution in [2.75, 3.05) is 6.54 Å². The molecular weight excluding hydrogens is 282 g/mol. The fourth-order valence-electron chi connectivity index (χ4n) is 2.45. The van der Waals surface area contributed by atoms with E-state index in [1.54, 1.807) is 20.8 Å². The Labute approximate surface area is 134 Å². The molecule has 5 nitrogen and oxygen atoms in total. The van der Waals surface area contributed by atoms with Gasteiger partial charge in [-0.05, 0) is 46.0 Å². The molecule has 0 bridgehead atoms. The van der Waals surface area contributed by atoms with Crippen LogP contribution in [0.2, 0.25) is 0 Å². The fourth-order valence-corrected chi connectivity index (χ4v) is 2.45. The largest absolute Gasteiger partial charge is 0.425 e. The number of carbonyl (C=O) groups is 2. The van der Waals surface area contributed by atoms with E-state index < -0.39 is 17.8 Å². The Morgan fingerprint density at radius 3 is 2.32 bits per heavy atom. The minimum absolute atomic E-state index is 0.356. The lowest BCUT2D eigenvalue weighted by molar-refractivity contribution is -0.178. The number of nitrogens with one attached hydrogen (secondary N) is 1. The van der Waals surface area contributed by atoms with E-state index in [4.69, 9.17) is 9.47 Å². The molecule has 0 aromatic rings. The molecule has 1 aliphatic carbocycles. The summed E-state index contributed by atoms with van der Waals surface area (Å²) in [7, 11) is 0. The Morgan fingerprint density at radius 2 is 1.77 bits per heavy atom. The molecule has 1 rings (SSSR count). The van der Waals surface area contributed by atoms with Crippen molar-refractivity contribution < 1.29 is 19.1 Å². The average Bonchev–Trinajstić information content (AvgIpc) is 2.45. The van der Waals surface area contributed by atoms with Crippen molar-refractivity contribution in [2.45, 2.75) is 78.9 Å². The second-order valence-corrected chi connectivity index (χ2v) is 7.16. The van der Waals surface area contributed by atoms with E-state index >= 15 is 0 Å². The maximum Gasteiger partial charge on any atom is 0.410 e. The standard InChI is InChI=1S/C17H31NO4/c1-5-9-14(21-15(19)17(2,3)4)22-16(20)18-12-13-10-7-6-8-11-13/h13-14H,5-12H2,1-4H3,(H,18,20). The zero-order valence-electron chi connectivity index (χ0n) is 14.4. The molecule has 22 heavy (non-hydrogen) atoms. The number of amides is 1. The first-order valence-electron chi connectivity index (χ1n) is 8.48. The van der Waals surface area contributed by atoms with Crippen molar-refractivity contribution in [3.05, 3.63) is 0 Å². The third-order valence-corrected chi connectivity index (χ3v) is 3.87. The number of carbonyl (C=O) groups excluding carboxylic acids is 2. The molecule has 1 saturated carbocycles. The molecule has 0 saturated heterocycles. The lowest BCUT2D eigenvalue weighted by Crippen LogP contribution is -2.36. The van der Waals surface area contributed by atoms with Gasteiger partial charge >= 0.3 is 12.1 Å². The van der Waals surface area contributed by atoms with Crippen LogP contribution in [-0.4, -0.2) is 24.9 Å². The van der Waals surface area contributed by atoms with E-state index in [0.717, 1.165) is 19.3 Å². The summed E-state index contributed by atoms with van der Waals surface area (Å²) in [6.07, 6.45) is 6.09. The van der Waals surface area contributed by atoms with Gasteiger partial charge in [-0.3, -0.25) is 4.79 Å². The van der Waals surface area contributed by atoms with E-state index in [-0.39, 0.29) is 5.97 Å². The summed E-state index contributed by atoms with van der Waals surface area (Å²) < 4.78 is 10.6. The normalized spacial score (nSPS) is 17.6. The number of esters is 1. The van der Waals surface area contributed by atoms with Crippen molar-refractivity contribution in [2.24, 2.45) is 11.3 Å². The highest BCUT2D eigenvalue weighted by Crippen LogP contribution is 2.23. The molecule has 1 amide bonds. The maximum atomic E-state index is 11.9. The van der Waals surface area contributed by atoms with E-state index in [1.165, 1.54) is 19.3 Å². The molecule has 0 aromatic carbocycles. The van der Waals surface area contributed by atoms with E-state index in [9.17, 15) is 9.59 Å². The van der Waals surface area contributed by atoms with Crippen molar-refractivity contribution in [3.63, 3.8) is 0 Å². The van der Waals surface area contributed by atoms with Gasteiger partial charge in [-0.1, -0.05) is 26.2 Å². The summed E-state index contributed by atoms with van der Waals surface area (Å²) in [5, 5.41) is 2.80. The molecular formula is C17H31NO4. The lowest BCUT2D eigenvalue weighted by Gasteiger charge is -2.24. The summed E-state index contributed by atoms with van der Waals surface area (Å²) in [5.74, 6) is 0.189. The van der Waals surface area contributed by atoms with Crippen LogP contribution in [0.25, 0.3) is 0 Å². The minimum Gasteiger partial charge on any atom is -0.425 e. The van der Waals surface area contributed by atoms with Crippen molar-refractivity contribution in [3.8, 4) is 0 Å². The van der Waals surface area contributed by atoms with Gasteiger partial charge in [0.1, 0.15) is 0 Å². The Kier molecular flexibility index (Phi) is 7.69. The van der Waals surface area contributed by atoms with Gasteiger partial charge in [0.05, 0.1) is 5.41 Å². The fraction of sp³-hybridized carbons (Fsp3) is 0.882. The lowest BCUT2D eigenvalue weighted by atomic mass is 9.89. The molecule has 1 aliphatic rings. The minimum atomic E-state index is -0.803. The van der Waals surface area contributed by atoms with Crippen LogP contribution in [0.15, 0.2) is 0 Å². The zero-order chi connectivity index (χ0) is 16.6. The summed E-state index contributed by atoms with van der Waals surface area (Å²) >= 11 is 0. The van der Waals surface area contributed by atoms with Crippen molar-refractivity contribution in [1.82, 2.24) is 5.32 Å². The topological polar surface area (TPSA) is 64.6 Å². The van der Waals surface area contributed by atoms with Gasteiger partial charge in [0.15, 0.2) is 0 Å². The average molecular weight is 313 g/mol. The molecule has 1 unspecified atom stereocenters. The quantitative estimate of drug-likeness (QED) is 0.594. The third kappa shape index (κ3) is 7.14. The van der Waals surface area contributed by atoms with E-state index in [0.29, 0.717) is 18.9 Å². The molecule has 0 spiro atoms. The van der Waals surface area contributed by atoms with Gasteiger partial charge in [-0.15, -0.1) is 0 Å². The zero-order valence-corrected chi connectivity index (χ0v) is 14.4. The first-order valence-corrected chi connectivity index (χ1v) is 8.48. The van der Waals surface area contributed by atoms with Gasteiger partial charge in [0.2, 0.25) is 6.29 Å². The number of hydrogen-bond donors (Lipinski definition) is 1. The number of ether oxygens (including phenoxy) is 2. The molecule has 5 heteroatoms. The molecule has 0 radical (unpaired) electrons. The number of rotatable bonds is 6. The predicted molar refractivity (Wildman–Crippen MR) is 85.3 cm³/mol. The smallest absolute Gasteiger partial charge is 0.410 e. The van der Waals surface area contributed by atoms with Crippen LogP contribution in [0.5, 0.6) is 0 Å². The SMILES string of the molecule is CCCC(OC(=O)NCC1CCCCC1)OC(=O)C(C)(C)C. The van der Waals surface area contributed by atoms with E-state index in [1.807, 2.05) is 6.92 Å². The second-order valence-electron chi connectivity index (χ2n) is 7.16. The van der Waals surface area contributed by atoms with Crippen LogP contribution < -0.4 is 5.32 Å². The highest BCUT2D eigenvalue weighted by atomic mass is 16.7. The maximum absolute atomic E-state index is 11.9. The Bertz CT molecular complexity index is 356. The highest BCUT2D eigenvalue weighted by Gasteiger charge is 2.28. The first-order chi connectivity index (χ1) is 10.3. The molecule has 0 aromatic heterocycles. The summed E-state index contributed by atoms with van der Waals surface area (Å²) in [5.41, 5.74) is -0.603. The van der Waals surface area contributed by atoms with Gasteiger partial charge < -0.3 is 14.8 Å². The molecule has 1 N–H and O–H groups in total. The Balaban J connectivity index is 2.37. The van der Waals surface area contributed by atoms with Gasteiger partial charge in [-0.2, -0.15) is 0 Å². The molecule has 128 valence electrons. The third-order valence-electron chi connectivity index (χ3n) is 3.87. The Hall–Kier alpha value is -1.26. The summed E-state index contributed by atoms with van der Waals surface area (Å²) in [6, 6.07) is 0. The summed E-state index contributed by atoms with van der Waals surface area (Å²) in [4.78, 5) is 23.8. The van der Waals surface area contributed by atoms with Crippen LogP contribution in [0.1, 0.15) is 72.6 Å². The van der Waals surface area contributed by atoms with Crippen LogP contribution in [0.4, 0.5) is 4.79 Å². The van der Waals surface area contributed by atoms with Crippen molar-refractivity contribution >= 4 is 12.1 Å². The Morgan fingerprint density at radius 1 is 1.14 bits per heavy atom. The number of hydrogen-bond acceptors (Lipinski definition) is 4. The number of alkyl carbamates (subject to hydrolysis) is 1. The van der Waals surface area contributed by atoms with Crippen molar-refractivity contribution in [1.29, 1.82) is 0 Å². The summed E-state index contributed by atoms with van der Waals surface area (Å²) in [6.45, 7) is 7.94. The first kappa shape index (κ1) is 18.8. The monoisotopic (exact) mass is 313 g/mol. The van der Waals surface area contributed by atoms with Crippen LogP contribution >= 0.6 is 0 Å². The predicted octanol–water partition coefficient (Wildman–Crippen LogP) is 4.01. The molecule has 0 heterocycles. The van der Waals surface area contributed by atoms with Gasteiger partial charge in [-0.25, -0.2) is 4.79 Å². The molecule has 0 aliphatic heterocycles. The highest BCUT2D eigenvalue weighted by molar-refractivity contribution is 5.75. The second kappa shape index (κ2) is 9.01. The molecule has 1 fully saturated rings. The molecule has 1 atom stereocenters. The van der Waals surface area contributed by atoms with Gasteiger partial charge in [0, 0.05) is 13.0 Å². The van der Waals surface area contributed by atoms with Crippen LogP contribution in [-0.2, 0) is 14.3 Å². The van der Waals surface area contributed by atoms with E-state index in [2.05, 4.69) is 5.32 Å². The van der Waals surface area contributed by atoms with Crippen LogP contribution in [0, 0.1) is 11.3 Å². The van der Waals surface area contributed by atoms with Gasteiger partial charge in [0.25, 0.3) is 0 Å². The van der Waals surface area contributed by atoms with Crippen LogP contribution in [0.3, 0.4) is 0 Å².